The van der Waals surface area contributed by atoms with Crippen LogP contribution in [0.1, 0.15) is 12.5 Å². The van der Waals surface area contributed by atoms with Crippen LogP contribution in [0, 0.1) is 6.92 Å². The summed E-state index contributed by atoms with van der Waals surface area (Å²) in [6, 6.07) is 12.7. The number of carbonyl (C=O) groups is 1. The molecule has 0 saturated heterocycles. The Bertz CT molecular complexity index is 668. The zero-order valence-corrected chi connectivity index (χ0v) is 13.8. The standard InChI is InChI=1S/C18H22N2O3/c1-12-5-7-14(8-6-12)20-18(21)13(2)19-16-10-9-15(22-3)11-17(16)23-4/h5-11,13,19H,1-4H3,(H,20,21)/t13-/m1/s1. The van der Waals surface area contributed by atoms with E-state index in [-0.39, 0.29) is 5.91 Å². The summed E-state index contributed by atoms with van der Waals surface area (Å²) in [4.78, 5) is 12.3. The predicted octanol–water partition coefficient (Wildman–Crippen LogP) is 3.45. The van der Waals surface area contributed by atoms with Gasteiger partial charge in [-0.1, -0.05) is 17.7 Å². The van der Waals surface area contributed by atoms with Crippen molar-refractivity contribution in [2.24, 2.45) is 0 Å². The third-order valence-corrected chi connectivity index (χ3v) is 3.49. The molecule has 0 aromatic heterocycles. The first kappa shape index (κ1) is 16.7. The molecule has 0 heterocycles. The Hall–Kier alpha value is -2.69. The normalized spacial score (nSPS) is 11.5. The predicted molar refractivity (Wildman–Crippen MR) is 92.4 cm³/mol. The van der Waals surface area contributed by atoms with Crippen molar-refractivity contribution in [3.8, 4) is 11.5 Å². The third kappa shape index (κ3) is 4.39. The first-order chi connectivity index (χ1) is 11.0. The summed E-state index contributed by atoms with van der Waals surface area (Å²) in [6.45, 7) is 3.80. The number of hydrogen-bond donors (Lipinski definition) is 2. The minimum Gasteiger partial charge on any atom is -0.497 e. The molecule has 0 aliphatic rings. The Balaban J connectivity index is 2.04. The van der Waals surface area contributed by atoms with E-state index in [0.29, 0.717) is 11.5 Å². The molecule has 0 saturated carbocycles. The van der Waals surface area contributed by atoms with E-state index in [9.17, 15) is 4.79 Å². The average Bonchev–Trinajstić information content (AvgIpc) is 2.57. The minimum absolute atomic E-state index is 0.119. The van der Waals surface area contributed by atoms with E-state index in [1.54, 1.807) is 27.2 Å². The van der Waals surface area contributed by atoms with Crippen LogP contribution in [0.2, 0.25) is 0 Å². The van der Waals surface area contributed by atoms with E-state index >= 15 is 0 Å². The maximum atomic E-state index is 12.3. The Labute approximate surface area is 136 Å². The highest BCUT2D eigenvalue weighted by atomic mass is 16.5. The number of nitrogens with one attached hydrogen (secondary N) is 2. The molecule has 0 aliphatic carbocycles. The van der Waals surface area contributed by atoms with Gasteiger partial charge < -0.3 is 20.1 Å². The first-order valence-corrected chi connectivity index (χ1v) is 7.39. The van der Waals surface area contributed by atoms with Gasteiger partial charge in [-0.2, -0.15) is 0 Å². The van der Waals surface area contributed by atoms with Gasteiger partial charge in [0, 0.05) is 11.8 Å². The van der Waals surface area contributed by atoms with E-state index in [4.69, 9.17) is 9.47 Å². The summed E-state index contributed by atoms with van der Waals surface area (Å²) in [7, 11) is 3.18. The summed E-state index contributed by atoms with van der Waals surface area (Å²) in [5.74, 6) is 1.20. The third-order valence-electron chi connectivity index (χ3n) is 3.49. The zero-order valence-electron chi connectivity index (χ0n) is 13.8. The van der Waals surface area contributed by atoms with Crippen molar-refractivity contribution < 1.29 is 14.3 Å². The number of rotatable bonds is 6. The lowest BCUT2D eigenvalue weighted by molar-refractivity contribution is -0.116. The highest BCUT2D eigenvalue weighted by Gasteiger charge is 2.15. The fourth-order valence-corrected chi connectivity index (χ4v) is 2.10. The number of carbonyl (C=O) groups excluding carboxylic acids is 1. The number of ether oxygens (including phenoxy) is 2. The van der Waals surface area contributed by atoms with Crippen molar-refractivity contribution in [1.29, 1.82) is 0 Å². The largest absolute Gasteiger partial charge is 0.497 e. The van der Waals surface area contributed by atoms with Crippen LogP contribution >= 0.6 is 0 Å². The topological polar surface area (TPSA) is 59.6 Å². The Kier molecular flexibility index (Phi) is 5.46. The second-order valence-corrected chi connectivity index (χ2v) is 5.29. The van der Waals surface area contributed by atoms with Gasteiger partial charge in [0.1, 0.15) is 17.5 Å². The fourth-order valence-electron chi connectivity index (χ4n) is 2.10. The molecule has 0 bridgehead atoms. The summed E-state index contributed by atoms with van der Waals surface area (Å²) in [5.41, 5.74) is 2.66. The van der Waals surface area contributed by atoms with E-state index in [0.717, 1.165) is 16.9 Å². The second-order valence-electron chi connectivity index (χ2n) is 5.29. The maximum Gasteiger partial charge on any atom is 0.246 e. The van der Waals surface area contributed by atoms with Gasteiger partial charge in [0.2, 0.25) is 5.91 Å². The van der Waals surface area contributed by atoms with Crippen molar-refractivity contribution in [3.05, 3.63) is 48.0 Å². The number of amides is 1. The molecule has 0 unspecified atom stereocenters. The van der Waals surface area contributed by atoms with Crippen LogP contribution in [0.4, 0.5) is 11.4 Å². The number of benzene rings is 2. The van der Waals surface area contributed by atoms with Crippen molar-refractivity contribution >= 4 is 17.3 Å². The molecule has 0 radical (unpaired) electrons. The quantitative estimate of drug-likeness (QED) is 0.857. The summed E-state index contributed by atoms with van der Waals surface area (Å²) in [5, 5.41) is 6.03. The number of methoxy groups -OCH3 is 2. The molecular weight excluding hydrogens is 292 g/mol. The van der Waals surface area contributed by atoms with Crippen LogP contribution in [-0.2, 0) is 4.79 Å². The molecule has 5 heteroatoms. The minimum atomic E-state index is -0.418. The molecular formula is C18H22N2O3. The van der Waals surface area contributed by atoms with Crippen molar-refractivity contribution in [3.63, 3.8) is 0 Å². The van der Waals surface area contributed by atoms with Gasteiger partial charge in [0.25, 0.3) is 0 Å². The van der Waals surface area contributed by atoms with Crippen LogP contribution in [0.25, 0.3) is 0 Å². The van der Waals surface area contributed by atoms with Gasteiger partial charge in [-0.25, -0.2) is 0 Å². The lowest BCUT2D eigenvalue weighted by atomic mass is 10.2. The van der Waals surface area contributed by atoms with E-state index in [2.05, 4.69) is 10.6 Å². The van der Waals surface area contributed by atoms with Crippen LogP contribution in [0.15, 0.2) is 42.5 Å². The number of aryl methyl sites for hydroxylation is 1. The molecule has 1 atom stereocenters. The molecule has 2 aromatic carbocycles. The van der Waals surface area contributed by atoms with Gasteiger partial charge in [0.05, 0.1) is 19.9 Å². The average molecular weight is 314 g/mol. The highest BCUT2D eigenvalue weighted by Crippen LogP contribution is 2.29. The molecule has 23 heavy (non-hydrogen) atoms. The lowest BCUT2D eigenvalue weighted by Gasteiger charge is -2.18. The van der Waals surface area contributed by atoms with Gasteiger partial charge in [-0.05, 0) is 38.1 Å². The SMILES string of the molecule is COc1ccc(N[C@H](C)C(=O)Nc2ccc(C)cc2)c(OC)c1. The summed E-state index contributed by atoms with van der Waals surface area (Å²) < 4.78 is 10.5. The Morgan fingerprint density at radius 3 is 2.35 bits per heavy atom. The maximum absolute atomic E-state index is 12.3. The molecule has 5 nitrogen and oxygen atoms in total. The molecule has 0 aliphatic heterocycles. The smallest absolute Gasteiger partial charge is 0.246 e. The molecule has 0 spiro atoms. The van der Waals surface area contributed by atoms with Crippen LogP contribution in [0.5, 0.6) is 11.5 Å². The Morgan fingerprint density at radius 1 is 1.04 bits per heavy atom. The monoisotopic (exact) mass is 314 g/mol. The van der Waals surface area contributed by atoms with Gasteiger partial charge in [-0.15, -0.1) is 0 Å². The molecule has 2 N–H and O–H groups in total. The molecule has 2 rings (SSSR count). The lowest BCUT2D eigenvalue weighted by Crippen LogP contribution is -2.32. The van der Waals surface area contributed by atoms with E-state index in [1.165, 1.54) is 0 Å². The molecule has 1 amide bonds. The van der Waals surface area contributed by atoms with Gasteiger partial charge >= 0.3 is 0 Å². The fraction of sp³-hybridized carbons (Fsp3) is 0.278. The van der Waals surface area contributed by atoms with E-state index in [1.807, 2.05) is 43.3 Å². The Morgan fingerprint density at radius 2 is 1.74 bits per heavy atom. The number of hydrogen-bond acceptors (Lipinski definition) is 4. The van der Waals surface area contributed by atoms with Gasteiger partial charge in [-0.3, -0.25) is 4.79 Å². The summed E-state index contributed by atoms with van der Waals surface area (Å²) >= 11 is 0. The van der Waals surface area contributed by atoms with Crippen molar-refractivity contribution in [2.45, 2.75) is 19.9 Å². The van der Waals surface area contributed by atoms with Crippen LogP contribution in [-0.4, -0.2) is 26.2 Å². The van der Waals surface area contributed by atoms with Crippen LogP contribution in [0.3, 0.4) is 0 Å². The van der Waals surface area contributed by atoms with Crippen molar-refractivity contribution in [1.82, 2.24) is 0 Å². The molecule has 122 valence electrons. The van der Waals surface area contributed by atoms with Crippen molar-refractivity contribution in [2.75, 3.05) is 24.9 Å². The highest BCUT2D eigenvalue weighted by molar-refractivity contribution is 5.96. The van der Waals surface area contributed by atoms with Gasteiger partial charge in [0.15, 0.2) is 0 Å². The molecule has 2 aromatic rings. The first-order valence-electron chi connectivity index (χ1n) is 7.39. The molecule has 0 fully saturated rings. The van der Waals surface area contributed by atoms with E-state index < -0.39 is 6.04 Å². The zero-order chi connectivity index (χ0) is 16.8. The summed E-state index contributed by atoms with van der Waals surface area (Å²) in [6.07, 6.45) is 0. The number of anilines is 2. The second kappa shape index (κ2) is 7.54. The van der Waals surface area contributed by atoms with Crippen LogP contribution < -0.4 is 20.1 Å².